The van der Waals surface area contributed by atoms with Crippen LogP contribution in [0.5, 0.6) is 0 Å². The van der Waals surface area contributed by atoms with Gasteiger partial charge >= 0.3 is 5.97 Å². The summed E-state index contributed by atoms with van der Waals surface area (Å²) < 4.78 is 1.01. The van der Waals surface area contributed by atoms with E-state index in [1.165, 1.54) is 0 Å². The van der Waals surface area contributed by atoms with Crippen molar-refractivity contribution in [2.24, 2.45) is 0 Å². The Bertz CT molecular complexity index is 610. The minimum atomic E-state index is -0.722. The van der Waals surface area contributed by atoms with Crippen LogP contribution in [0.25, 0.3) is 10.9 Å². The van der Waals surface area contributed by atoms with Gasteiger partial charge in [0.1, 0.15) is 6.33 Å². The first kappa shape index (κ1) is 17.8. The first-order valence-electron chi connectivity index (χ1n) is 6.62. The molecule has 2 aromatic rings. The Morgan fingerprint density at radius 3 is 2.81 bits per heavy atom. The van der Waals surface area contributed by atoms with E-state index in [0.717, 1.165) is 47.0 Å². The summed E-state index contributed by atoms with van der Waals surface area (Å²) in [5, 5.41) is 11.7. The number of hydrogen-bond donors (Lipinski definition) is 2. The second kappa shape index (κ2) is 8.92. The number of aromatic nitrogens is 2. The summed E-state index contributed by atoms with van der Waals surface area (Å²) in [6.45, 7) is 0.901. The summed E-state index contributed by atoms with van der Waals surface area (Å²) in [5.41, 5.74) is 0.931. The molecular formula is C14H17BrClN3O2. The highest BCUT2D eigenvalue weighted by Gasteiger charge is 2.07. The Morgan fingerprint density at radius 2 is 2.05 bits per heavy atom. The molecule has 0 atom stereocenters. The molecule has 0 aliphatic carbocycles. The van der Waals surface area contributed by atoms with Crippen LogP contribution in [0.4, 0.5) is 5.82 Å². The van der Waals surface area contributed by atoms with Crippen LogP contribution in [0.3, 0.4) is 0 Å². The summed E-state index contributed by atoms with van der Waals surface area (Å²) in [6, 6.07) is 5.95. The van der Waals surface area contributed by atoms with Crippen molar-refractivity contribution in [2.45, 2.75) is 25.7 Å². The summed E-state index contributed by atoms with van der Waals surface area (Å²) in [4.78, 5) is 19.0. The van der Waals surface area contributed by atoms with Gasteiger partial charge in [-0.3, -0.25) is 10.1 Å². The molecule has 1 aromatic carbocycles. The molecule has 7 heteroatoms. The van der Waals surface area contributed by atoms with Crippen LogP contribution >= 0.6 is 15.9 Å². The number of unbranched alkanes of at least 4 members (excludes halogenated alkanes) is 2. The first-order valence-corrected chi connectivity index (χ1v) is 7.41. The van der Waals surface area contributed by atoms with Crippen LogP contribution in [0.15, 0.2) is 29.0 Å². The highest BCUT2D eigenvalue weighted by molar-refractivity contribution is 9.10. The van der Waals surface area contributed by atoms with Crippen LogP contribution in [0, 0.1) is 0 Å². The molecule has 0 fully saturated rings. The van der Waals surface area contributed by atoms with Gasteiger partial charge in [-0.1, -0.05) is 15.9 Å². The molecule has 5 nitrogen and oxygen atoms in total. The summed E-state index contributed by atoms with van der Waals surface area (Å²) >= 11 is 3.46. The average Bonchev–Trinajstić information content (AvgIpc) is 2.42. The number of carboxylic acid groups (broad SMARTS) is 1. The second-order valence-electron chi connectivity index (χ2n) is 4.62. The zero-order chi connectivity index (χ0) is 14.4. The van der Waals surface area contributed by atoms with E-state index in [-0.39, 0.29) is 18.8 Å². The third-order valence-corrected chi connectivity index (χ3v) is 3.55. The number of nitrogens with two attached hydrogens (primary N) is 1. The van der Waals surface area contributed by atoms with Gasteiger partial charge in [-0.05, 0) is 37.5 Å². The molecule has 1 aromatic heterocycles. The molecule has 0 aliphatic rings. The van der Waals surface area contributed by atoms with Crippen LogP contribution in [-0.4, -0.2) is 27.6 Å². The molecule has 0 saturated carbocycles. The van der Waals surface area contributed by atoms with Crippen molar-refractivity contribution in [3.63, 3.8) is 0 Å². The van der Waals surface area contributed by atoms with Crippen LogP contribution < -0.4 is 17.7 Å². The maximum absolute atomic E-state index is 10.4. The molecule has 0 bridgehead atoms. The van der Waals surface area contributed by atoms with Crippen LogP contribution in [0.1, 0.15) is 25.7 Å². The van der Waals surface area contributed by atoms with Crippen molar-refractivity contribution in [3.8, 4) is 0 Å². The number of carbonyl (C=O) groups is 1. The number of hydrogen-bond acceptors (Lipinski definition) is 3. The molecule has 21 heavy (non-hydrogen) atoms. The van der Waals surface area contributed by atoms with E-state index in [1.54, 1.807) is 6.33 Å². The number of quaternary nitrogens is 1. The lowest BCUT2D eigenvalue weighted by Crippen LogP contribution is -3.00. The monoisotopic (exact) mass is 373 g/mol. The highest BCUT2D eigenvalue weighted by atomic mass is 79.9. The van der Waals surface area contributed by atoms with Crippen molar-refractivity contribution in [1.82, 2.24) is 9.97 Å². The summed E-state index contributed by atoms with van der Waals surface area (Å²) in [7, 11) is 0. The standard InChI is InChI=1S/C14H16BrN3O2.ClH/c15-10-5-6-12-11(8-10)14(18-9-17-12)16-7-3-1-2-4-13(19)20;/h5-6,8-9H,1-4,7H2,(H,19,20)(H,16,17,18);1H. The van der Waals surface area contributed by atoms with Gasteiger partial charge in [0.25, 0.3) is 0 Å². The smallest absolute Gasteiger partial charge is 0.303 e. The Balaban J connectivity index is 0.00000220. The highest BCUT2D eigenvalue weighted by Crippen LogP contribution is 2.20. The molecule has 114 valence electrons. The predicted octanol–water partition coefficient (Wildman–Crippen LogP) is -0.764. The van der Waals surface area contributed by atoms with E-state index >= 15 is 0 Å². The van der Waals surface area contributed by atoms with E-state index in [9.17, 15) is 4.79 Å². The van der Waals surface area contributed by atoms with Gasteiger partial charge in [0.15, 0.2) is 0 Å². The van der Waals surface area contributed by atoms with E-state index in [2.05, 4.69) is 31.2 Å². The van der Waals surface area contributed by atoms with Crippen molar-refractivity contribution in [1.29, 1.82) is 0 Å². The van der Waals surface area contributed by atoms with Gasteiger partial charge in [-0.2, -0.15) is 4.98 Å². The van der Waals surface area contributed by atoms with E-state index in [1.807, 2.05) is 18.2 Å². The van der Waals surface area contributed by atoms with Crippen LogP contribution in [0.2, 0.25) is 0 Å². The van der Waals surface area contributed by atoms with E-state index in [0.29, 0.717) is 0 Å². The average molecular weight is 375 g/mol. The number of nitrogens with zero attached hydrogens (tertiary/aromatic N) is 2. The SMILES string of the molecule is O=C(O)CCCCC[NH2+]c1ncnc2ccc(Br)cc12.[Cl-]. The maximum Gasteiger partial charge on any atom is 0.303 e. The number of halogens is 2. The Morgan fingerprint density at radius 1 is 1.24 bits per heavy atom. The molecule has 0 spiro atoms. The zero-order valence-corrected chi connectivity index (χ0v) is 13.8. The Kier molecular flexibility index (Phi) is 7.56. The third-order valence-electron chi connectivity index (χ3n) is 3.06. The molecule has 0 unspecified atom stereocenters. The maximum atomic E-state index is 10.4. The largest absolute Gasteiger partial charge is 1.00 e. The molecule has 0 amide bonds. The van der Waals surface area contributed by atoms with Crippen molar-refractivity contribution < 1.29 is 27.6 Å². The lowest BCUT2D eigenvalue weighted by Gasteiger charge is -2.04. The molecule has 1 heterocycles. The lowest BCUT2D eigenvalue weighted by molar-refractivity contribution is -0.574. The third kappa shape index (κ3) is 5.57. The predicted molar refractivity (Wildman–Crippen MR) is 79.8 cm³/mol. The minimum Gasteiger partial charge on any atom is -1.00 e. The normalized spacial score (nSPS) is 10.3. The molecule has 3 N–H and O–H groups in total. The Labute approximate surface area is 137 Å². The molecular weight excluding hydrogens is 358 g/mol. The lowest BCUT2D eigenvalue weighted by atomic mass is 10.2. The number of benzene rings is 1. The van der Waals surface area contributed by atoms with Crippen molar-refractivity contribution in [3.05, 3.63) is 29.0 Å². The summed E-state index contributed by atoms with van der Waals surface area (Å²) in [6.07, 6.45) is 4.47. The number of rotatable bonds is 7. The molecule has 2 rings (SSSR count). The van der Waals surface area contributed by atoms with E-state index in [4.69, 9.17) is 5.11 Å². The fourth-order valence-electron chi connectivity index (χ4n) is 2.05. The minimum absolute atomic E-state index is 0. The molecule has 0 saturated heterocycles. The number of aliphatic carboxylic acids is 1. The van der Waals surface area contributed by atoms with E-state index < -0.39 is 5.97 Å². The first-order chi connectivity index (χ1) is 9.66. The number of fused-ring (bicyclic) bond motifs is 1. The number of carboxylic acids is 1. The van der Waals surface area contributed by atoms with Gasteiger partial charge in [-0.15, -0.1) is 0 Å². The fraction of sp³-hybridized carbons (Fsp3) is 0.357. The van der Waals surface area contributed by atoms with Crippen molar-refractivity contribution in [2.75, 3.05) is 6.54 Å². The second-order valence-corrected chi connectivity index (χ2v) is 5.53. The zero-order valence-electron chi connectivity index (χ0n) is 11.4. The van der Waals surface area contributed by atoms with Gasteiger partial charge in [0.2, 0.25) is 5.82 Å². The van der Waals surface area contributed by atoms with Crippen LogP contribution in [-0.2, 0) is 4.79 Å². The quantitative estimate of drug-likeness (QED) is 0.624. The molecule has 0 aliphatic heterocycles. The Hall–Kier alpha value is -1.24. The summed E-state index contributed by atoms with van der Waals surface area (Å²) in [5.74, 6) is 0.218. The fourth-order valence-corrected chi connectivity index (χ4v) is 2.41. The topological polar surface area (TPSA) is 79.7 Å². The van der Waals surface area contributed by atoms with Gasteiger partial charge in [0, 0.05) is 10.9 Å². The molecule has 0 radical (unpaired) electrons. The van der Waals surface area contributed by atoms with Gasteiger partial charge in [0.05, 0.1) is 17.4 Å². The van der Waals surface area contributed by atoms with Gasteiger partial charge in [-0.25, -0.2) is 4.98 Å². The van der Waals surface area contributed by atoms with Gasteiger partial charge < -0.3 is 17.5 Å². The van der Waals surface area contributed by atoms with Crippen molar-refractivity contribution >= 4 is 38.6 Å².